The smallest absolute Gasteiger partial charge is 0.269 e. The van der Waals surface area contributed by atoms with Gasteiger partial charge in [0.2, 0.25) is 5.60 Å². The van der Waals surface area contributed by atoms with Gasteiger partial charge in [-0.2, -0.15) is 0 Å². The number of nitrogens with two attached hydrogens (primary N) is 1. The molecule has 0 bridgehead atoms. The van der Waals surface area contributed by atoms with Crippen molar-refractivity contribution in [3.63, 3.8) is 0 Å². The second-order valence-corrected chi connectivity index (χ2v) is 7.91. The molecule has 166 valence electrons. The number of pyridine rings is 1. The summed E-state index contributed by atoms with van der Waals surface area (Å²) in [4.78, 5) is 29.6. The van der Waals surface area contributed by atoms with E-state index >= 15 is 0 Å². The second kappa shape index (κ2) is 8.57. The first-order chi connectivity index (χ1) is 15.3. The Morgan fingerprint density at radius 1 is 1.47 bits per heavy atom. The Labute approximate surface area is 184 Å². The Bertz CT molecular complexity index is 1140. The van der Waals surface area contributed by atoms with Crippen LogP contribution in [0.4, 0.5) is 10.1 Å². The quantitative estimate of drug-likeness (QED) is 0.603. The Balaban J connectivity index is 1.62. The van der Waals surface area contributed by atoms with Crippen molar-refractivity contribution in [3.05, 3.63) is 47.4 Å². The summed E-state index contributed by atoms with van der Waals surface area (Å²) >= 11 is 0. The fraction of sp³-hybridized carbons (Fsp3) is 0.348. The number of primary amides is 1. The maximum atomic E-state index is 14.9. The molecule has 0 saturated carbocycles. The van der Waals surface area contributed by atoms with Gasteiger partial charge in [0, 0.05) is 50.4 Å². The highest BCUT2D eigenvalue weighted by Crippen LogP contribution is 2.27. The van der Waals surface area contributed by atoms with Gasteiger partial charge in [-0.25, -0.2) is 9.37 Å². The predicted molar refractivity (Wildman–Crippen MR) is 115 cm³/mol. The van der Waals surface area contributed by atoms with Crippen LogP contribution in [0.3, 0.4) is 0 Å². The van der Waals surface area contributed by atoms with E-state index in [9.17, 15) is 19.1 Å². The molecule has 3 heterocycles. The van der Waals surface area contributed by atoms with Crippen LogP contribution in [0.1, 0.15) is 28.9 Å². The molecule has 2 amide bonds. The highest BCUT2D eigenvalue weighted by Gasteiger charge is 2.42. The number of hydrogen-bond acceptors (Lipinski definition) is 6. The average Bonchev–Trinajstić information content (AvgIpc) is 2.99. The Morgan fingerprint density at radius 2 is 2.25 bits per heavy atom. The van der Waals surface area contributed by atoms with E-state index in [0.29, 0.717) is 30.8 Å². The number of nitrogens with zero attached hydrogens (tertiary/aromatic N) is 2. The van der Waals surface area contributed by atoms with E-state index in [0.717, 1.165) is 6.42 Å². The third-order valence-electron chi connectivity index (χ3n) is 5.58. The van der Waals surface area contributed by atoms with Gasteiger partial charge in [-0.3, -0.25) is 9.59 Å². The van der Waals surface area contributed by atoms with E-state index in [-0.39, 0.29) is 29.6 Å². The number of aromatic nitrogens is 1. The number of likely N-dealkylation sites (N-methyl/N-ethyl adjacent to an activating group) is 1. The van der Waals surface area contributed by atoms with Gasteiger partial charge in [0.1, 0.15) is 5.69 Å². The lowest BCUT2D eigenvalue weighted by Gasteiger charge is -2.27. The number of carbonyl (C=O) groups excluding carboxylic acids is 2. The minimum absolute atomic E-state index is 0.00933. The maximum absolute atomic E-state index is 14.9. The van der Waals surface area contributed by atoms with Gasteiger partial charge < -0.3 is 25.8 Å². The highest BCUT2D eigenvalue weighted by atomic mass is 19.1. The first kappa shape index (κ1) is 21.7. The molecule has 2 aliphatic rings. The van der Waals surface area contributed by atoms with E-state index in [2.05, 4.69) is 22.1 Å². The third-order valence-corrected chi connectivity index (χ3v) is 5.58. The lowest BCUT2D eigenvalue weighted by Crippen LogP contribution is -2.37. The number of nitrogens with one attached hydrogen (secondary N) is 1. The molecule has 4 rings (SSSR count). The summed E-state index contributed by atoms with van der Waals surface area (Å²) < 4.78 is 20.2. The van der Waals surface area contributed by atoms with Gasteiger partial charge in [-0.1, -0.05) is 24.0 Å². The van der Waals surface area contributed by atoms with E-state index in [1.807, 2.05) is 0 Å². The van der Waals surface area contributed by atoms with Crippen molar-refractivity contribution in [2.45, 2.75) is 24.5 Å². The first-order valence-electron chi connectivity index (χ1n) is 10.2. The van der Waals surface area contributed by atoms with E-state index in [1.54, 1.807) is 31.3 Å². The molecular formula is C23H23FN4O4. The van der Waals surface area contributed by atoms with Crippen molar-refractivity contribution in [1.82, 2.24) is 9.88 Å². The zero-order valence-corrected chi connectivity index (χ0v) is 17.5. The number of anilines is 1. The molecule has 0 unspecified atom stereocenters. The fourth-order valence-corrected chi connectivity index (χ4v) is 3.57. The number of likely N-dealkylation sites (tertiary alicyclic amines) is 1. The molecule has 8 nitrogen and oxygen atoms in total. The lowest BCUT2D eigenvalue weighted by atomic mass is 10.0. The number of halogens is 1. The summed E-state index contributed by atoms with van der Waals surface area (Å²) in [6, 6.07) is 7.71. The highest BCUT2D eigenvalue weighted by molar-refractivity contribution is 5.97. The lowest BCUT2D eigenvalue weighted by molar-refractivity contribution is -0.137. The van der Waals surface area contributed by atoms with E-state index in [1.165, 1.54) is 11.0 Å². The zero-order valence-electron chi connectivity index (χ0n) is 17.5. The van der Waals surface area contributed by atoms with Crippen molar-refractivity contribution in [2.75, 3.05) is 32.1 Å². The molecule has 2 saturated heterocycles. The number of carbonyl (C=O) groups is 2. The third kappa shape index (κ3) is 4.28. The van der Waals surface area contributed by atoms with E-state index < -0.39 is 23.2 Å². The van der Waals surface area contributed by atoms with Gasteiger partial charge in [-0.15, -0.1) is 0 Å². The fourth-order valence-electron chi connectivity index (χ4n) is 3.57. The minimum Gasteiger partial charge on any atom is -0.380 e. The van der Waals surface area contributed by atoms with Gasteiger partial charge >= 0.3 is 0 Å². The van der Waals surface area contributed by atoms with Crippen LogP contribution in [0.5, 0.6) is 0 Å². The molecule has 0 aliphatic carbocycles. The summed E-state index contributed by atoms with van der Waals surface area (Å²) in [7, 11) is 1.60. The molecule has 9 heteroatoms. The largest absolute Gasteiger partial charge is 0.380 e. The van der Waals surface area contributed by atoms with Gasteiger partial charge in [-0.05, 0) is 18.6 Å². The van der Waals surface area contributed by atoms with E-state index in [4.69, 9.17) is 10.5 Å². The van der Waals surface area contributed by atoms with Crippen molar-refractivity contribution >= 4 is 17.5 Å². The predicted octanol–water partition coefficient (Wildman–Crippen LogP) is 1.13. The van der Waals surface area contributed by atoms with Crippen LogP contribution in [-0.4, -0.2) is 65.3 Å². The first-order valence-corrected chi connectivity index (χ1v) is 10.2. The number of aliphatic hydroxyl groups is 1. The van der Waals surface area contributed by atoms with Gasteiger partial charge in [0.25, 0.3) is 11.8 Å². The summed E-state index contributed by atoms with van der Waals surface area (Å²) in [5.41, 5.74) is 4.66. The summed E-state index contributed by atoms with van der Waals surface area (Å²) in [6.45, 7) is 1.52. The van der Waals surface area contributed by atoms with Gasteiger partial charge in [0.15, 0.2) is 11.5 Å². The molecule has 1 aromatic heterocycles. The number of ether oxygens (including phenoxy) is 1. The maximum Gasteiger partial charge on any atom is 0.269 e. The Morgan fingerprint density at radius 3 is 2.88 bits per heavy atom. The zero-order chi connectivity index (χ0) is 22.9. The monoisotopic (exact) mass is 438 g/mol. The molecule has 2 fully saturated rings. The van der Waals surface area contributed by atoms with Crippen molar-refractivity contribution in [1.29, 1.82) is 0 Å². The standard InChI is InChI=1S/C23H23FN4O4/c1-28-9-8-23(31,22(28)30)7-5-14-3-2-4-15(11-14)19-17(24)12-18(20(27-19)21(25)29)26-13-16-6-10-32-16/h2-4,11-12,16,26,31H,6,8-10,13H2,1H3,(H2,25,29)/t16-,23+/m1/s1. The SMILES string of the molecule is CN1CC[C@@](O)(C#Cc2cccc(-c3nc(C(N)=O)c(NC[C@H]4CCO4)cc3F)c2)C1=O. The molecule has 2 atom stereocenters. The Kier molecular flexibility index (Phi) is 5.82. The number of amides is 2. The summed E-state index contributed by atoms with van der Waals surface area (Å²) in [6.07, 6.45) is 1.11. The summed E-state index contributed by atoms with van der Waals surface area (Å²) in [5, 5.41) is 13.4. The molecular weight excluding hydrogens is 415 g/mol. The molecule has 4 N–H and O–H groups in total. The van der Waals surface area contributed by atoms with Crippen LogP contribution in [0.25, 0.3) is 11.3 Å². The van der Waals surface area contributed by atoms with Crippen molar-refractivity contribution < 1.29 is 23.8 Å². The normalized spacial score (nSPS) is 22.2. The molecule has 1 aromatic carbocycles. The topological polar surface area (TPSA) is 118 Å². The van der Waals surface area contributed by atoms with Crippen molar-refractivity contribution in [2.24, 2.45) is 5.73 Å². The van der Waals surface area contributed by atoms with Crippen LogP contribution >= 0.6 is 0 Å². The average molecular weight is 438 g/mol. The van der Waals surface area contributed by atoms with Crippen LogP contribution in [0, 0.1) is 17.7 Å². The summed E-state index contributed by atoms with van der Waals surface area (Å²) in [5.74, 6) is 3.54. The van der Waals surface area contributed by atoms with Gasteiger partial charge in [0.05, 0.1) is 11.8 Å². The molecule has 0 radical (unpaired) electrons. The molecule has 32 heavy (non-hydrogen) atoms. The second-order valence-electron chi connectivity index (χ2n) is 7.91. The number of hydrogen-bond donors (Lipinski definition) is 3. The molecule has 2 aromatic rings. The molecule has 2 aliphatic heterocycles. The van der Waals surface area contributed by atoms with Crippen molar-refractivity contribution in [3.8, 4) is 23.1 Å². The number of benzene rings is 1. The Hall–Kier alpha value is -3.48. The van der Waals surface area contributed by atoms with Crippen LogP contribution in [-0.2, 0) is 9.53 Å². The minimum atomic E-state index is -1.73. The van der Waals surface area contributed by atoms with Crippen LogP contribution in [0.2, 0.25) is 0 Å². The van der Waals surface area contributed by atoms with Crippen LogP contribution in [0.15, 0.2) is 30.3 Å². The van der Waals surface area contributed by atoms with Crippen LogP contribution < -0.4 is 11.1 Å². The number of rotatable bonds is 5. The molecule has 0 spiro atoms.